The summed E-state index contributed by atoms with van der Waals surface area (Å²) in [6.07, 6.45) is 4.00. The molecule has 2 atom stereocenters. The summed E-state index contributed by atoms with van der Waals surface area (Å²) in [5.41, 5.74) is 1.02. The zero-order valence-electron chi connectivity index (χ0n) is 10.7. The molecule has 1 aromatic heterocycles. The van der Waals surface area contributed by atoms with Crippen LogP contribution in [0.15, 0.2) is 24.5 Å². The van der Waals surface area contributed by atoms with Crippen molar-refractivity contribution in [3.63, 3.8) is 0 Å². The number of aromatic nitrogens is 1. The predicted molar refractivity (Wildman–Crippen MR) is 68.6 cm³/mol. The number of carbonyl (C=O) groups excluding carboxylic acids is 1. The van der Waals surface area contributed by atoms with E-state index in [1.54, 1.807) is 12.4 Å². The van der Waals surface area contributed by atoms with Crippen LogP contribution in [0.2, 0.25) is 0 Å². The fraction of sp³-hybridized carbons (Fsp3) is 0.538. The molecule has 0 saturated carbocycles. The second-order valence-corrected chi connectivity index (χ2v) is 4.24. The highest BCUT2D eigenvalue weighted by Crippen LogP contribution is 2.09. The summed E-state index contributed by atoms with van der Waals surface area (Å²) in [4.78, 5) is 15.8. The Morgan fingerprint density at radius 2 is 2.24 bits per heavy atom. The van der Waals surface area contributed by atoms with Crippen LogP contribution in [-0.4, -0.2) is 23.5 Å². The summed E-state index contributed by atoms with van der Waals surface area (Å²) in [5, 5.41) is 6.18. The third-order valence-corrected chi connectivity index (χ3v) is 2.61. The quantitative estimate of drug-likeness (QED) is 0.788. The van der Waals surface area contributed by atoms with E-state index in [4.69, 9.17) is 0 Å². The molecule has 0 saturated heterocycles. The van der Waals surface area contributed by atoms with E-state index in [1.165, 1.54) is 0 Å². The standard InChI is InChI=1S/C13H21N3O/c1-4-15-10(2)8-13(17)16-11(3)12-6-5-7-14-9-12/h5-7,9-11,15H,4,8H2,1-3H3,(H,16,17). The molecule has 0 aliphatic carbocycles. The maximum atomic E-state index is 11.7. The van der Waals surface area contributed by atoms with Crippen molar-refractivity contribution < 1.29 is 4.79 Å². The smallest absolute Gasteiger partial charge is 0.222 e. The fourth-order valence-corrected chi connectivity index (χ4v) is 1.71. The van der Waals surface area contributed by atoms with Gasteiger partial charge in [0.2, 0.25) is 5.91 Å². The number of nitrogens with zero attached hydrogens (tertiary/aromatic N) is 1. The first-order valence-corrected chi connectivity index (χ1v) is 6.06. The maximum Gasteiger partial charge on any atom is 0.222 e. The summed E-state index contributed by atoms with van der Waals surface area (Å²) in [6.45, 7) is 6.89. The molecule has 1 amide bonds. The van der Waals surface area contributed by atoms with E-state index < -0.39 is 0 Å². The van der Waals surface area contributed by atoms with Gasteiger partial charge in [-0.2, -0.15) is 0 Å². The Morgan fingerprint density at radius 3 is 2.82 bits per heavy atom. The van der Waals surface area contributed by atoms with Crippen molar-refractivity contribution >= 4 is 5.91 Å². The van der Waals surface area contributed by atoms with E-state index in [2.05, 4.69) is 15.6 Å². The molecule has 4 nitrogen and oxygen atoms in total. The summed E-state index contributed by atoms with van der Waals surface area (Å²) in [5.74, 6) is 0.0646. The lowest BCUT2D eigenvalue weighted by atomic mass is 10.1. The predicted octanol–water partition coefficient (Wildman–Crippen LogP) is 1.65. The topological polar surface area (TPSA) is 54.0 Å². The van der Waals surface area contributed by atoms with Crippen LogP contribution in [0.3, 0.4) is 0 Å². The Kier molecular flexibility index (Phi) is 5.63. The average Bonchev–Trinajstić information content (AvgIpc) is 2.30. The molecule has 0 bridgehead atoms. The monoisotopic (exact) mass is 235 g/mol. The Morgan fingerprint density at radius 1 is 1.47 bits per heavy atom. The Hall–Kier alpha value is -1.42. The van der Waals surface area contributed by atoms with Crippen molar-refractivity contribution in [1.82, 2.24) is 15.6 Å². The minimum absolute atomic E-state index is 0.00465. The van der Waals surface area contributed by atoms with Gasteiger partial charge in [0.15, 0.2) is 0 Å². The van der Waals surface area contributed by atoms with Gasteiger partial charge in [0, 0.05) is 24.9 Å². The molecule has 17 heavy (non-hydrogen) atoms. The van der Waals surface area contributed by atoms with Gasteiger partial charge >= 0.3 is 0 Å². The zero-order valence-corrected chi connectivity index (χ0v) is 10.7. The van der Waals surface area contributed by atoms with Gasteiger partial charge in [-0.25, -0.2) is 0 Å². The van der Waals surface area contributed by atoms with Crippen LogP contribution in [-0.2, 0) is 4.79 Å². The highest BCUT2D eigenvalue weighted by atomic mass is 16.1. The number of pyridine rings is 1. The maximum absolute atomic E-state index is 11.7. The molecule has 0 aliphatic rings. The largest absolute Gasteiger partial charge is 0.349 e. The average molecular weight is 235 g/mol. The number of nitrogens with one attached hydrogen (secondary N) is 2. The van der Waals surface area contributed by atoms with E-state index in [1.807, 2.05) is 32.9 Å². The molecule has 1 aromatic rings. The zero-order chi connectivity index (χ0) is 12.7. The molecule has 2 N–H and O–H groups in total. The molecule has 0 radical (unpaired) electrons. The second-order valence-electron chi connectivity index (χ2n) is 4.24. The molecule has 1 rings (SSSR count). The van der Waals surface area contributed by atoms with Crippen LogP contribution >= 0.6 is 0 Å². The lowest BCUT2D eigenvalue weighted by Gasteiger charge is -2.16. The number of amides is 1. The van der Waals surface area contributed by atoms with Crippen molar-refractivity contribution in [2.24, 2.45) is 0 Å². The summed E-state index contributed by atoms with van der Waals surface area (Å²) < 4.78 is 0. The molecule has 0 aliphatic heterocycles. The van der Waals surface area contributed by atoms with Crippen LogP contribution in [0.25, 0.3) is 0 Å². The van der Waals surface area contributed by atoms with Crippen LogP contribution in [0.5, 0.6) is 0 Å². The van der Waals surface area contributed by atoms with Crippen LogP contribution in [0, 0.1) is 0 Å². The number of hydrogen-bond acceptors (Lipinski definition) is 3. The molecule has 4 heteroatoms. The third-order valence-electron chi connectivity index (χ3n) is 2.61. The summed E-state index contributed by atoms with van der Waals surface area (Å²) in [7, 11) is 0. The molecule has 0 spiro atoms. The lowest BCUT2D eigenvalue weighted by molar-refractivity contribution is -0.122. The van der Waals surface area contributed by atoms with Crippen molar-refractivity contribution in [2.45, 2.75) is 39.3 Å². The first-order valence-electron chi connectivity index (χ1n) is 6.06. The van der Waals surface area contributed by atoms with Crippen molar-refractivity contribution in [1.29, 1.82) is 0 Å². The van der Waals surface area contributed by atoms with Gasteiger partial charge in [-0.3, -0.25) is 9.78 Å². The minimum Gasteiger partial charge on any atom is -0.349 e. The Labute approximate surface area is 103 Å². The van der Waals surface area contributed by atoms with Gasteiger partial charge in [0.1, 0.15) is 0 Å². The highest BCUT2D eigenvalue weighted by molar-refractivity contribution is 5.77. The van der Waals surface area contributed by atoms with Gasteiger partial charge < -0.3 is 10.6 Å². The molecule has 2 unspecified atom stereocenters. The van der Waals surface area contributed by atoms with Crippen LogP contribution in [0.1, 0.15) is 38.8 Å². The molecule has 0 fully saturated rings. The molecule has 1 heterocycles. The normalized spacial score (nSPS) is 14.1. The molecular weight excluding hydrogens is 214 g/mol. The van der Waals surface area contributed by atoms with Gasteiger partial charge in [-0.1, -0.05) is 13.0 Å². The Bertz CT molecular complexity index is 340. The second kappa shape index (κ2) is 7.01. The van der Waals surface area contributed by atoms with Gasteiger partial charge in [0.05, 0.1) is 6.04 Å². The van der Waals surface area contributed by atoms with E-state index in [9.17, 15) is 4.79 Å². The third kappa shape index (κ3) is 4.95. The number of rotatable bonds is 6. The first-order chi connectivity index (χ1) is 8.13. The molecule has 94 valence electrons. The number of hydrogen-bond donors (Lipinski definition) is 2. The SMILES string of the molecule is CCNC(C)CC(=O)NC(C)c1cccnc1. The first kappa shape index (κ1) is 13.6. The van der Waals surface area contributed by atoms with Crippen LogP contribution in [0.4, 0.5) is 0 Å². The van der Waals surface area contributed by atoms with Crippen LogP contribution < -0.4 is 10.6 Å². The van der Waals surface area contributed by atoms with E-state index in [0.29, 0.717) is 6.42 Å². The minimum atomic E-state index is 0.00465. The fourth-order valence-electron chi connectivity index (χ4n) is 1.71. The van der Waals surface area contributed by atoms with Gasteiger partial charge in [-0.15, -0.1) is 0 Å². The molecular formula is C13H21N3O. The van der Waals surface area contributed by atoms with Crippen molar-refractivity contribution in [2.75, 3.05) is 6.54 Å². The van der Waals surface area contributed by atoms with E-state index >= 15 is 0 Å². The molecule has 0 aromatic carbocycles. The van der Waals surface area contributed by atoms with E-state index in [0.717, 1.165) is 12.1 Å². The summed E-state index contributed by atoms with van der Waals surface area (Å²) in [6, 6.07) is 4.05. The van der Waals surface area contributed by atoms with Gasteiger partial charge in [0.25, 0.3) is 0 Å². The lowest BCUT2D eigenvalue weighted by Crippen LogP contribution is -2.34. The highest BCUT2D eigenvalue weighted by Gasteiger charge is 2.12. The summed E-state index contributed by atoms with van der Waals surface area (Å²) >= 11 is 0. The van der Waals surface area contributed by atoms with Crippen molar-refractivity contribution in [3.05, 3.63) is 30.1 Å². The van der Waals surface area contributed by atoms with E-state index in [-0.39, 0.29) is 18.0 Å². The number of carbonyl (C=O) groups is 1. The van der Waals surface area contributed by atoms with Gasteiger partial charge in [-0.05, 0) is 32.0 Å². The van der Waals surface area contributed by atoms with Crippen molar-refractivity contribution in [3.8, 4) is 0 Å². The Balaban J connectivity index is 2.41.